The fraction of sp³-hybridized carbons (Fsp3) is 0.269. The van der Waals surface area contributed by atoms with Crippen LogP contribution in [0.25, 0.3) is 6.08 Å². The van der Waals surface area contributed by atoms with E-state index >= 15 is 0 Å². The number of benzene rings is 2. The number of ether oxygens (including phenoxy) is 3. The highest BCUT2D eigenvalue weighted by molar-refractivity contribution is 5.92. The van der Waals surface area contributed by atoms with E-state index in [9.17, 15) is 4.79 Å². The molecule has 5 rings (SSSR count). The molecule has 2 aromatic carbocycles. The van der Waals surface area contributed by atoms with Crippen LogP contribution in [0, 0.1) is 6.92 Å². The summed E-state index contributed by atoms with van der Waals surface area (Å²) < 4.78 is 15.9. The Bertz CT molecular complexity index is 1240. The van der Waals surface area contributed by atoms with Crippen molar-refractivity contribution < 1.29 is 19.0 Å². The topological polar surface area (TPSA) is 89.1 Å². The molecule has 0 bridgehead atoms. The van der Waals surface area contributed by atoms with Crippen LogP contribution in [0.1, 0.15) is 11.3 Å². The van der Waals surface area contributed by atoms with Gasteiger partial charge < -0.3 is 29.3 Å². The Hall–Kier alpha value is -4.27. The lowest BCUT2D eigenvalue weighted by atomic mass is 10.2. The van der Waals surface area contributed by atoms with Crippen LogP contribution in [0.15, 0.2) is 54.6 Å². The number of hydrogen-bond acceptors (Lipinski definition) is 8. The van der Waals surface area contributed by atoms with Crippen molar-refractivity contribution in [2.45, 2.75) is 6.92 Å². The number of aryl methyl sites for hydroxylation is 1. The van der Waals surface area contributed by atoms with E-state index in [2.05, 4.69) is 15.2 Å². The molecule has 9 nitrogen and oxygen atoms in total. The molecule has 3 aromatic rings. The number of amides is 1. The summed E-state index contributed by atoms with van der Waals surface area (Å²) in [5, 5.41) is 3.33. The Morgan fingerprint density at radius 1 is 1.00 bits per heavy atom. The highest BCUT2D eigenvalue weighted by atomic mass is 16.7. The fourth-order valence-electron chi connectivity index (χ4n) is 4.00. The van der Waals surface area contributed by atoms with Crippen LogP contribution in [0.2, 0.25) is 0 Å². The van der Waals surface area contributed by atoms with Gasteiger partial charge in [0.25, 0.3) is 0 Å². The van der Waals surface area contributed by atoms with Crippen molar-refractivity contribution in [1.29, 1.82) is 0 Å². The van der Waals surface area contributed by atoms with Gasteiger partial charge in [-0.25, -0.2) is 4.98 Å². The third kappa shape index (κ3) is 5.29. The predicted molar refractivity (Wildman–Crippen MR) is 133 cm³/mol. The molecule has 2 aliphatic rings. The average molecular weight is 474 g/mol. The van der Waals surface area contributed by atoms with E-state index < -0.39 is 0 Å². The Kier molecular flexibility index (Phi) is 6.38. The van der Waals surface area contributed by atoms with Gasteiger partial charge in [0, 0.05) is 49.7 Å². The van der Waals surface area contributed by atoms with E-state index in [1.54, 1.807) is 19.3 Å². The maximum atomic E-state index is 12.7. The van der Waals surface area contributed by atoms with E-state index in [0.717, 1.165) is 34.3 Å². The number of rotatable bonds is 6. The molecule has 0 spiro atoms. The largest absolute Gasteiger partial charge is 0.497 e. The number of aromatic nitrogens is 2. The van der Waals surface area contributed by atoms with Gasteiger partial charge in [0.15, 0.2) is 11.5 Å². The average Bonchev–Trinajstić information content (AvgIpc) is 3.35. The molecule has 2 aliphatic heterocycles. The predicted octanol–water partition coefficient (Wildman–Crippen LogP) is 3.63. The highest BCUT2D eigenvalue weighted by Crippen LogP contribution is 2.32. The third-order valence-electron chi connectivity index (χ3n) is 5.89. The summed E-state index contributed by atoms with van der Waals surface area (Å²) in [6.07, 6.45) is 3.41. The molecule has 3 heterocycles. The third-order valence-corrected chi connectivity index (χ3v) is 5.89. The first-order chi connectivity index (χ1) is 17.1. The van der Waals surface area contributed by atoms with Crippen LogP contribution < -0.4 is 24.4 Å². The summed E-state index contributed by atoms with van der Waals surface area (Å²) in [6.45, 7) is 4.70. The van der Waals surface area contributed by atoms with Gasteiger partial charge in [-0.1, -0.05) is 6.07 Å². The van der Waals surface area contributed by atoms with Gasteiger partial charge in [-0.3, -0.25) is 4.79 Å². The smallest absolute Gasteiger partial charge is 0.246 e. The monoisotopic (exact) mass is 473 g/mol. The van der Waals surface area contributed by atoms with Crippen molar-refractivity contribution in [3.8, 4) is 17.2 Å². The number of nitrogens with one attached hydrogen (secondary N) is 1. The fourth-order valence-corrected chi connectivity index (χ4v) is 4.00. The number of carbonyl (C=O) groups excluding carboxylic acids is 1. The minimum Gasteiger partial charge on any atom is -0.497 e. The van der Waals surface area contributed by atoms with Gasteiger partial charge in [0.05, 0.1) is 7.11 Å². The quantitative estimate of drug-likeness (QED) is 0.543. The van der Waals surface area contributed by atoms with Crippen molar-refractivity contribution in [1.82, 2.24) is 14.9 Å². The molecule has 9 heteroatoms. The lowest BCUT2D eigenvalue weighted by Gasteiger charge is -2.34. The number of carbonyl (C=O) groups is 1. The number of fused-ring (bicyclic) bond motifs is 1. The Morgan fingerprint density at radius 3 is 2.54 bits per heavy atom. The van der Waals surface area contributed by atoms with E-state index in [1.807, 2.05) is 60.4 Å². The van der Waals surface area contributed by atoms with Crippen LogP contribution >= 0.6 is 0 Å². The molecule has 1 fully saturated rings. The first kappa shape index (κ1) is 22.5. The van der Waals surface area contributed by atoms with Gasteiger partial charge >= 0.3 is 0 Å². The Balaban J connectivity index is 1.19. The van der Waals surface area contributed by atoms with E-state index in [4.69, 9.17) is 19.2 Å². The number of piperazine rings is 1. The summed E-state index contributed by atoms with van der Waals surface area (Å²) in [5.74, 6) is 3.59. The second-order valence-corrected chi connectivity index (χ2v) is 8.31. The van der Waals surface area contributed by atoms with E-state index in [-0.39, 0.29) is 12.7 Å². The van der Waals surface area contributed by atoms with Crippen LogP contribution in [-0.2, 0) is 4.79 Å². The molecule has 0 saturated carbocycles. The van der Waals surface area contributed by atoms with Gasteiger partial charge in [-0.2, -0.15) is 4.98 Å². The van der Waals surface area contributed by atoms with Gasteiger partial charge in [-0.15, -0.1) is 0 Å². The Labute approximate surface area is 204 Å². The molecule has 1 aromatic heterocycles. The molecule has 0 atom stereocenters. The molecular weight excluding hydrogens is 446 g/mol. The summed E-state index contributed by atoms with van der Waals surface area (Å²) >= 11 is 0. The number of anilines is 3. The lowest BCUT2D eigenvalue weighted by Crippen LogP contribution is -2.48. The number of hydrogen-bond donors (Lipinski definition) is 1. The first-order valence-corrected chi connectivity index (χ1v) is 11.5. The molecule has 1 N–H and O–H groups in total. The van der Waals surface area contributed by atoms with Crippen LogP contribution in [0.5, 0.6) is 17.2 Å². The molecular formula is C26H27N5O4. The van der Waals surface area contributed by atoms with Gasteiger partial charge in [0.2, 0.25) is 18.6 Å². The maximum absolute atomic E-state index is 12.7. The zero-order valence-electron chi connectivity index (χ0n) is 19.7. The summed E-state index contributed by atoms with van der Waals surface area (Å²) in [5.41, 5.74) is 2.68. The summed E-state index contributed by atoms with van der Waals surface area (Å²) in [4.78, 5) is 26.0. The van der Waals surface area contributed by atoms with Crippen molar-refractivity contribution in [3.63, 3.8) is 0 Å². The first-order valence-electron chi connectivity index (χ1n) is 11.5. The standard InChI is InChI=1S/C26H27N5O4/c1-18-15-24(28-20-5-7-21(33-2)8-6-20)29-26(27-18)31-13-11-30(12-14-31)25(32)10-4-19-3-9-22-23(16-19)35-17-34-22/h3-10,15-16H,11-14,17H2,1-2H3,(H,27,28,29)/b10-4+. The molecule has 1 amide bonds. The summed E-state index contributed by atoms with van der Waals surface area (Å²) in [7, 11) is 1.64. The van der Waals surface area contributed by atoms with E-state index in [0.29, 0.717) is 37.9 Å². The maximum Gasteiger partial charge on any atom is 0.246 e. The SMILES string of the molecule is COc1ccc(Nc2cc(C)nc(N3CCN(C(=O)/C=C/c4ccc5c(c4)OCO5)CC3)n2)cc1. The zero-order chi connectivity index (χ0) is 24.2. The number of nitrogens with zero attached hydrogens (tertiary/aromatic N) is 4. The summed E-state index contributed by atoms with van der Waals surface area (Å²) in [6, 6.07) is 15.2. The second kappa shape index (κ2) is 9.92. The number of methoxy groups -OCH3 is 1. The minimum atomic E-state index is -0.0191. The second-order valence-electron chi connectivity index (χ2n) is 8.31. The lowest BCUT2D eigenvalue weighted by molar-refractivity contribution is -0.126. The van der Waals surface area contributed by atoms with Gasteiger partial charge in [-0.05, 0) is 55.0 Å². The molecule has 0 radical (unpaired) electrons. The molecule has 35 heavy (non-hydrogen) atoms. The van der Waals surface area contributed by atoms with Crippen molar-refractivity contribution >= 4 is 29.4 Å². The molecule has 0 aliphatic carbocycles. The van der Waals surface area contributed by atoms with Crippen LogP contribution in [0.4, 0.5) is 17.5 Å². The molecule has 1 saturated heterocycles. The highest BCUT2D eigenvalue weighted by Gasteiger charge is 2.22. The molecule has 0 unspecified atom stereocenters. The Morgan fingerprint density at radius 2 is 1.77 bits per heavy atom. The van der Waals surface area contributed by atoms with Crippen molar-refractivity contribution in [2.75, 3.05) is 50.3 Å². The van der Waals surface area contributed by atoms with Crippen molar-refractivity contribution in [2.24, 2.45) is 0 Å². The zero-order valence-corrected chi connectivity index (χ0v) is 19.7. The van der Waals surface area contributed by atoms with Gasteiger partial charge in [0.1, 0.15) is 11.6 Å². The van der Waals surface area contributed by atoms with Crippen molar-refractivity contribution in [3.05, 3.63) is 65.9 Å². The minimum absolute atomic E-state index is 0.0191. The van der Waals surface area contributed by atoms with E-state index in [1.165, 1.54) is 0 Å². The van der Waals surface area contributed by atoms with Crippen LogP contribution in [-0.4, -0.2) is 60.9 Å². The molecule has 180 valence electrons. The van der Waals surface area contributed by atoms with Crippen LogP contribution in [0.3, 0.4) is 0 Å². The normalized spacial score (nSPS) is 14.9.